The molecule has 1 aromatic rings. The summed E-state index contributed by atoms with van der Waals surface area (Å²) < 4.78 is 0. The molecule has 25 heavy (non-hydrogen) atoms. The van der Waals surface area contributed by atoms with E-state index in [9.17, 15) is 4.79 Å². The summed E-state index contributed by atoms with van der Waals surface area (Å²) in [4.78, 5) is 15.1. The fourth-order valence-electron chi connectivity index (χ4n) is 5.89. The van der Waals surface area contributed by atoms with E-state index in [0.29, 0.717) is 0 Å². The van der Waals surface area contributed by atoms with E-state index in [1.807, 2.05) is 32.2 Å². The molecule has 4 aliphatic rings. The minimum atomic E-state index is -0.132. The van der Waals surface area contributed by atoms with E-state index >= 15 is 0 Å². The molecule has 0 aliphatic heterocycles. The van der Waals surface area contributed by atoms with Gasteiger partial charge in [0, 0.05) is 17.1 Å². The van der Waals surface area contributed by atoms with Crippen molar-refractivity contribution in [1.29, 1.82) is 0 Å². The zero-order valence-electron chi connectivity index (χ0n) is 15.3. The average molecular weight is 361 g/mol. The smallest absolute Gasteiger partial charge is 0.237 e. The second kappa shape index (κ2) is 6.59. The highest BCUT2D eigenvalue weighted by Gasteiger charge is 2.51. The maximum Gasteiger partial charge on any atom is 0.237 e. The third-order valence-electron chi connectivity index (χ3n) is 6.79. The van der Waals surface area contributed by atoms with E-state index in [1.165, 1.54) is 38.5 Å². The molecule has 4 saturated carbocycles. The Balaban J connectivity index is 1.39. The van der Waals surface area contributed by atoms with Crippen molar-refractivity contribution in [2.75, 3.05) is 7.05 Å². The Morgan fingerprint density at radius 2 is 1.84 bits per heavy atom. The predicted octanol–water partition coefficient (Wildman–Crippen LogP) is 4.25. The molecule has 4 fully saturated rings. The highest BCUT2D eigenvalue weighted by Crippen LogP contribution is 2.55. The van der Waals surface area contributed by atoms with Crippen LogP contribution in [0.5, 0.6) is 0 Å². The van der Waals surface area contributed by atoms with Crippen molar-refractivity contribution in [2.45, 2.75) is 63.6 Å². The van der Waals surface area contributed by atoms with E-state index in [-0.39, 0.29) is 17.5 Å². The van der Waals surface area contributed by atoms with Crippen LogP contribution in [0.1, 0.15) is 51.0 Å². The number of benzene rings is 1. The molecular weight excluding hydrogens is 332 g/mol. The van der Waals surface area contributed by atoms with Gasteiger partial charge in [-0.3, -0.25) is 9.69 Å². The lowest BCUT2D eigenvalue weighted by Gasteiger charge is -2.57. The lowest BCUT2D eigenvalue weighted by molar-refractivity contribution is -0.131. The van der Waals surface area contributed by atoms with Gasteiger partial charge in [-0.05, 0) is 87.9 Å². The number of amides is 1. The van der Waals surface area contributed by atoms with Crippen molar-refractivity contribution in [3.63, 3.8) is 0 Å². The van der Waals surface area contributed by atoms with Gasteiger partial charge in [0.05, 0.1) is 6.04 Å². The molecule has 1 amide bonds. The van der Waals surface area contributed by atoms with Crippen molar-refractivity contribution >= 4 is 17.5 Å². The number of likely N-dealkylation sites (N-methyl/N-ethyl adjacent to an activating group) is 1. The second-order valence-electron chi connectivity index (χ2n) is 8.91. The van der Waals surface area contributed by atoms with Gasteiger partial charge < -0.3 is 5.32 Å². The van der Waals surface area contributed by atoms with Gasteiger partial charge in [0.1, 0.15) is 0 Å². The Bertz CT molecular complexity index is 624. The van der Waals surface area contributed by atoms with E-state index in [2.05, 4.69) is 16.3 Å². The zero-order valence-corrected chi connectivity index (χ0v) is 16.1. The van der Waals surface area contributed by atoms with Gasteiger partial charge in [-0.2, -0.15) is 0 Å². The first-order valence-electron chi connectivity index (χ1n) is 9.69. The van der Waals surface area contributed by atoms with Gasteiger partial charge in [-0.1, -0.05) is 23.7 Å². The van der Waals surface area contributed by atoms with E-state index in [1.54, 1.807) is 0 Å². The Labute approximate surface area is 156 Å². The average Bonchev–Trinajstić information content (AvgIpc) is 2.52. The Hall–Kier alpha value is -1.06. The van der Waals surface area contributed by atoms with E-state index < -0.39 is 0 Å². The molecule has 0 aromatic heterocycles. The van der Waals surface area contributed by atoms with E-state index in [4.69, 9.17) is 11.6 Å². The Morgan fingerprint density at radius 3 is 2.40 bits per heavy atom. The molecule has 0 spiro atoms. The molecule has 3 nitrogen and oxygen atoms in total. The summed E-state index contributed by atoms with van der Waals surface area (Å²) in [5.74, 6) is 2.75. The molecule has 0 heterocycles. The van der Waals surface area contributed by atoms with Crippen LogP contribution < -0.4 is 5.32 Å². The third kappa shape index (κ3) is 3.59. The molecular formula is C21H29ClN2O. The standard InChI is InChI=1S/C21H29ClN2O/c1-14(24(2)13-15-4-3-5-19(22)9-15)20(25)23-21-10-16-6-17(11-21)8-18(7-16)12-21/h3-5,9,14,16-18H,6-8,10-13H2,1-2H3,(H,23,25). The number of hydrogen-bond acceptors (Lipinski definition) is 2. The Kier molecular flexibility index (Phi) is 4.57. The molecule has 1 atom stereocenters. The first-order valence-corrected chi connectivity index (χ1v) is 10.1. The van der Waals surface area contributed by atoms with Crippen LogP contribution in [-0.2, 0) is 11.3 Å². The number of rotatable bonds is 5. The van der Waals surface area contributed by atoms with Crippen molar-refractivity contribution < 1.29 is 4.79 Å². The van der Waals surface area contributed by atoms with Gasteiger partial charge in [0.15, 0.2) is 0 Å². The summed E-state index contributed by atoms with van der Waals surface area (Å²) >= 11 is 6.08. The highest BCUT2D eigenvalue weighted by molar-refractivity contribution is 6.30. The summed E-state index contributed by atoms with van der Waals surface area (Å²) in [5.41, 5.74) is 1.24. The summed E-state index contributed by atoms with van der Waals surface area (Å²) in [6.45, 7) is 2.75. The molecule has 5 rings (SSSR count). The van der Waals surface area contributed by atoms with Gasteiger partial charge in [0.2, 0.25) is 5.91 Å². The fraction of sp³-hybridized carbons (Fsp3) is 0.667. The van der Waals surface area contributed by atoms with Crippen molar-refractivity contribution in [3.8, 4) is 0 Å². The Morgan fingerprint density at radius 1 is 1.24 bits per heavy atom. The van der Waals surface area contributed by atoms with Crippen molar-refractivity contribution in [1.82, 2.24) is 10.2 Å². The molecule has 4 aliphatic carbocycles. The van der Waals surface area contributed by atoms with Crippen molar-refractivity contribution in [2.24, 2.45) is 17.8 Å². The number of carbonyl (C=O) groups excluding carboxylic acids is 1. The lowest BCUT2D eigenvalue weighted by atomic mass is 9.53. The van der Waals surface area contributed by atoms with Crippen LogP contribution >= 0.6 is 11.6 Å². The molecule has 0 radical (unpaired) electrons. The minimum absolute atomic E-state index is 0.0942. The third-order valence-corrected chi connectivity index (χ3v) is 7.02. The molecule has 1 N–H and O–H groups in total. The summed E-state index contributed by atoms with van der Waals surface area (Å²) in [6, 6.07) is 7.75. The largest absolute Gasteiger partial charge is 0.349 e. The number of carbonyl (C=O) groups is 1. The highest BCUT2D eigenvalue weighted by atomic mass is 35.5. The summed E-state index contributed by atoms with van der Waals surface area (Å²) in [5, 5.41) is 4.24. The fourth-order valence-corrected chi connectivity index (χ4v) is 6.10. The molecule has 1 unspecified atom stereocenters. The zero-order chi connectivity index (χ0) is 17.6. The molecule has 1 aromatic carbocycles. The first kappa shape index (κ1) is 17.4. The number of nitrogens with zero attached hydrogens (tertiary/aromatic N) is 1. The monoisotopic (exact) mass is 360 g/mol. The molecule has 4 heteroatoms. The predicted molar refractivity (Wildman–Crippen MR) is 101 cm³/mol. The maximum atomic E-state index is 12.9. The molecule has 0 saturated heterocycles. The SMILES string of the molecule is CC(C(=O)NC12CC3CC(CC(C3)C1)C2)N(C)Cc1cccc(Cl)c1. The molecule has 136 valence electrons. The topological polar surface area (TPSA) is 32.3 Å². The number of halogens is 1. The quantitative estimate of drug-likeness (QED) is 0.851. The van der Waals surface area contributed by atoms with Gasteiger partial charge in [-0.25, -0.2) is 0 Å². The minimum Gasteiger partial charge on any atom is -0.349 e. The van der Waals surface area contributed by atoms with Gasteiger partial charge >= 0.3 is 0 Å². The first-order chi connectivity index (χ1) is 11.9. The second-order valence-corrected chi connectivity index (χ2v) is 9.34. The van der Waals surface area contributed by atoms with Crippen LogP contribution in [0.4, 0.5) is 0 Å². The van der Waals surface area contributed by atoms with Crippen LogP contribution in [0.15, 0.2) is 24.3 Å². The summed E-state index contributed by atoms with van der Waals surface area (Å²) in [7, 11) is 2.02. The van der Waals surface area contributed by atoms with Crippen molar-refractivity contribution in [3.05, 3.63) is 34.9 Å². The van der Waals surface area contributed by atoms with Gasteiger partial charge in [-0.15, -0.1) is 0 Å². The number of hydrogen-bond donors (Lipinski definition) is 1. The molecule has 4 bridgehead atoms. The van der Waals surface area contributed by atoms with Crippen LogP contribution in [0.2, 0.25) is 5.02 Å². The van der Waals surface area contributed by atoms with Crippen LogP contribution in [0.25, 0.3) is 0 Å². The van der Waals surface area contributed by atoms with Crippen LogP contribution in [0, 0.1) is 17.8 Å². The lowest BCUT2D eigenvalue weighted by Crippen LogP contribution is -2.62. The maximum absolute atomic E-state index is 12.9. The van der Waals surface area contributed by atoms with Crippen LogP contribution in [0.3, 0.4) is 0 Å². The number of nitrogens with one attached hydrogen (secondary N) is 1. The van der Waals surface area contributed by atoms with E-state index in [0.717, 1.165) is 34.9 Å². The van der Waals surface area contributed by atoms with Crippen LogP contribution in [-0.4, -0.2) is 29.4 Å². The van der Waals surface area contributed by atoms with Gasteiger partial charge in [0.25, 0.3) is 0 Å². The summed E-state index contributed by atoms with van der Waals surface area (Å²) in [6.07, 6.45) is 7.82. The normalized spacial score (nSPS) is 34.3.